The van der Waals surface area contributed by atoms with Crippen molar-refractivity contribution in [2.24, 2.45) is 10.1 Å². The van der Waals surface area contributed by atoms with Crippen LogP contribution in [0.4, 0.5) is 0 Å². The zero-order chi connectivity index (χ0) is 20.6. The number of sulfonamides is 1. The largest absolute Gasteiger partial charge is 0.494 e. The molecule has 0 atom stereocenters. The van der Waals surface area contributed by atoms with Crippen molar-refractivity contribution in [3.63, 3.8) is 0 Å². The Hall–Kier alpha value is -2.58. The van der Waals surface area contributed by atoms with Gasteiger partial charge in [-0.25, -0.2) is 18.5 Å². The first kappa shape index (κ1) is 21.7. The predicted octanol–water partition coefficient (Wildman–Crippen LogP) is 2.30. The van der Waals surface area contributed by atoms with E-state index in [2.05, 4.69) is 21.7 Å². The van der Waals surface area contributed by atoms with Gasteiger partial charge in [0.1, 0.15) is 5.75 Å². The summed E-state index contributed by atoms with van der Waals surface area (Å²) in [6.45, 7) is 8.31. The molecular weight excluding hydrogens is 376 g/mol. The van der Waals surface area contributed by atoms with Gasteiger partial charge in [-0.15, -0.1) is 0 Å². The maximum absolute atomic E-state index is 11.3. The van der Waals surface area contributed by atoms with Gasteiger partial charge in [0.2, 0.25) is 10.0 Å². The van der Waals surface area contributed by atoms with Gasteiger partial charge in [0.15, 0.2) is 5.96 Å². The van der Waals surface area contributed by atoms with Crippen LogP contribution in [0.25, 0.3) is 0 Å². The van der Waals surface area contributed by atoms with Crippen molar-refractivity contribution < 1.29 is 13.2 Å². The number of benzene rings is 2. The van der Waals surface area contributed by atoms with Gasteiger partial charge in [0.05, 0.1) is 18.0 Å². The highest BCUT2D eigenvalue weighted by molar-refractivity contribution is 7.89. The summed E-state index contributed by atoms with van der Waals surface area (Å²) in [4.78, 5) is 4.65. The molecule has 0 fully saturated rings. The molecule has 0 heterocycles. The van der Waals surface area contributed by atoms with E-state index in [1.807, 2.05) is 32.9 Å². The molecule has 2 aromatic carbocycles. The molecule has 2 rings (SSSR count). The van der Waals surface area contributed by atoms with Crippen molar-refractivity contribution in [1.29, 1.82) is 0 Å². The number of hydrogen-bond acceptors (Lipinski definition) is 4. The Bertz CT molecular complexity index is 910. The number of nitrogens with zero attached hydrogens (tertiary/aromatic N) is 1. The van der Waals surface area contributed by atoms with Gasteiger partial charge < -0.3 is 15.4 Å². The van der Waals surface area contributed by atoms with Crippen molar-refractivity contribution in [2.75, 3.05) is 13.2 Å². The fourth-order valence-corrected chi connectivity index (χ4v) is 3.09. The van der Waals surface area contributed by atoms with E-state index >= 15 is 0 Å². The lowest BCUT2D eigenvalue weighted by molar-refractivity contribution is 0.336. The molecule has 8 heteroatoms. The maximum atomic E-state index is 11.3. The highest BCUT2D eigenvalue weighted by atomic mass is 32.2. The molecule has 7 nitrogen and oxygen atoms in total. The minimum atomic E-state index is -3.68. The van der Waals surface area contributed by atoms with Crippen LogP contribution in [-0.2, 0) is 23.1 Å². The Kier molecular flexibility index (Phi) is 7.83. The van der Waals surface area contributed by atoms with Gasteiger partial charge in [-0.1, -0.05) is 24.3 Å². The summed E-state index contributed by atoms with van der Waals surface area (Å²) < 4.78 is 28.4. The number of rotatable bonds is 8. The predicted molar refractivity (Wildman–Crippen MR) is 112 cm³/mol. The lowest BCUT2D eigenvalue weighted by Gasteiger charge is -2.15. The molecule has 0 aliphatic carbocycles. The Morgan fingerprint density at radius 3 is 2.43 bits per heavy atom. The van der Waals surface area contributed by atoms with E-state index in [1.165, 1.54) is 12.1 Å². The summed E-state index contributed by atoms with van der Waals surface area (Å²) >= 11 is 0. The average Bonchev–Trinajstić information content (AvgIpc) is 2.65. The molecule has 152 valence electrons. The molecule has 2 aromatic rings. The molecule has 0 bridgehead atoms. The number of nitrogens with two attached hydrogens (primary N) is 1. The van der Waals surface area contributed by atoms with Crippen LogP contribution < -0.4 is 20.5 Å². The molecule has 0 unspecified atom stereocenters. The molecule has 0 radical (unpaired) electrons. The fourth-order valence-electron chi connectivity index (χ4n) is 2.57. The van der Waals surface area contributed by atoms with Crippen molar-refractivity contribution in [1.82, 2.24) is 10.6 Å². The summed E-state index contributed by atoms with van der Waals surface area (Å²) in [6, 6.07) is 12.5. The summed E-state index contributed by atoms with van der Waals surface area (Å²) in [5, 5.41) is 11.6. The monoisotopic (exact) mass is 404 g/mol. The Balaban J connectivity index is 2.07. The van der Waals surface area contributed by atoms with Gasteiger partial charge in [-0.3, -0.25) is 0 Å². The van der Waals surface area contributed by atoms with Crippen LogP contribution in [0.2, 0.25) is 0 Å². The zero-order valence-corrected chi connectivity index (χ0v) is 17.3. The second kappa shape index (κ2) is 10.1. The van der Waals surface area contributed by atoms with E-state index in [0.29, 0.717) is 25.7 Å². The number of guanidine groups is 1. The highest BCUT2D eigenvalue weighted by Gasteiger charge is 2.07. The van der Waals surface area contributed by atoms with Gasteiger partial charge in [-0.05, 0) is 50.1 Å². The molecule has 0 aliphatic heterocycles. The maximum Gasteiger partial charge on any atom is 0.238 e. The van der Waals surface area contributed by atoms with Gasteiger partial charge >= 0.3 is 0 Å². The van der Waals surface area contributed by atoms with E-state index in [1.54, 1.807) is 12.1 Å². The van der Waals surface area contributed by atoms with E-state index in [-0.39, 0.29) is 4.90 Å². The van der Waals surface area contributed by atoms with E-state index in [4.69, 9.17) is 9.88 Å². The number of primary sulfonamides is 1. The normalized spacial score (nSPS) is 11.9. The quantitative estimate of drug-likeness (QED) is 0.462. The highest BCUT2D eigenvalue weighted by Crippen LogP contribution is 2.20. The summed E-state index contributed by atoms with van der Waals surface area (Å²) in [5.74, 6) is 1.53. The minimum Gasteiger partial charge on any atom is -0.494 e. The van der Waals surface area contributed by atoms with Crippen molar-refractivity contribution in [3.05, 3.63) is 59.2 Å². The van der Waals surface area contributed by atoms with E-state index < -0.39 is 10.0 Å². The number of nitrogens with one attached hydrogen (secondary N) is 2. The zero-order valence-electron chi connectivity index (χ0n) is 16.5. The molecule has 0 spiro atoms. The molecular formula is C20H28N4O3S. The molecule has 28 heavy (non-hydrogen) atoms. The van der Waals surface area contributed by atoms with E-state index in [9.17, 15) is 8.42 Å². The third-order valence-corrected chi connectivity index (χ3v) is 4.91. The molecule has 0 saturated heterocycles. The van der Waals surface area contributed by atoms with Crippen LogP contribution in [0.5, 0.6) is 5.75 Å². The summed E-state index contributed by atoms with van der Waals surface area (Å²) in [6.07, 6.45) is 0. The molecule has 0 aromatic heterocycles. The molecule has 0 amide bonds. The van der Waals surface area contributed by atoms with Crippen LogP contribution in [0.3, 0.4) is 0 Å². The van der Waals surface area contributed by atoms with Crippen LogP contribution in [0, 0.1) is 6.92 Å². The van der Waals surface area contributed by atoms with Crippen molar-refractivity contribution in [2.45, 2.75) is 38.8 Å². The van der Waals surface area contributed by atoms with Gasteiger partial charge in [0.25, 0.3) is 0 Å². The second-order valence-electron chi connectivity index (χ2n) is 6.28. The Labute approximate surface area is 167 Å². The average molecular weight is 405 g/mol. The van der Waals surface area contributed by atoms with Crippen LogP contribution in [0.1, 0.15) is 30.5 Å². The van der Waals surface area contributed by atoms with Crippen LogP contribution >= 0.6 is 0 Å². The first-order valence-corrected chi connectivity index (χ1v) is 10.7. The topological polar surface area (TPSA) is 106 Å². The smallest absolute Gasteiger partial charge is 0.238 e. The number of aryl methyl sites for hydroxylation is 1. The van der Waals surface area contributed by atoms with Crippen LogP contribution in [0.15, 0.2) is 52.4 Å². The Morgan fingerprint density at radius 2 is 1.82 bits per heavy atom. The third-order valence-electron chi connectivity index (χ3n) is 3.98. The van der Waals surface area contributed by atoms with Gasteiger partial charge in [0, 0.05) is 18.7 Å². The standard InChI is InChI=1S/C20H28N4O3S/c1-4-22-20(23-13-16-7-10-18(11-8-16)28(21,25)26)24-14-17-9-6-15(3)12-19(17)27-5-2/h6-12H,4-5,13-14H2,1-3H3,(H2,21,25,26)(H2,22,23,24). The number of hydrogen-bond donors (Lipinski definition) is 3. The summed E-state index contributed by atoms with van der Waals surface area (Å²) in [5.41, 5.74) is 3.08. The number of ether oxygens (including phenoxy) is 1. The second-order valence-corrected chi connectivity index (χ2v) is 7.84. The lowest BCUT2D eigenvalue weighted by Crippen LogP contribution is -2.36. The van der Waals surface area contributed by atoms with Crippen molar-refractivity contribution in [3.8, 4) is 5.75 Å². The van der Waals surface area contributed by atoms with E-state index in [0.717, 1.165) is 29.0 Å². The molecule has 4 N–H and O–H groups in total. The number of aliphatic imine (C=N–C) groups is 1. The minimum absolute atomic E-state index is 0.0908. The first-order chi connectivity index (χ1) is 13.3. The van der Waals surface area contributed by atoms with Gasteiger partial charge in [-0.2, -0.15) is 0 Å². The summed E-state index contributed by atoms with van der Waals surface area (Å²) in [7, 11) is -3.68. The van der Waals surface area contributed by atoms with Crippen LogP contribution in [-0.4, -0.2) is 27.5 Å². The van der Waals surface area contributed by atoms with Crippen molar-refractivity contribution >= 4 is 16.0 Å². The Morgan fingerprint density at radius 1 is 1.11 bits per heavy atom. The SMILES string of the molecule is CCNC(=NCc1ccc(S(N)(=O)=O)cc1)NCc1ccc(C)cc1OCC. The molecule has 0 aliphatic rings. The molecule has 0 saturated carbocycles. The third kappa shape index (κ3) is 6.54. The fraction of sp³-hybridized carbons (Fsp3) is 0.350. The first-order valence-electron chi connectivity index (χ1n) is 9.19. The lowest BCUT2D eigenvalue weighted by atomic mass is 10.1.